The van der Waals surface area contributed by atoms with E-state index in [2.05, 4.69) is 10.6 Å². The van der Waals surface area contributed by atoms with Gasteiger partial charge in [-0.25, -0.2) is 0 Å². The molecule has 4 N–H and O–H groups in total. The Morgan fingerprint density at radius 1 is 0.447 bits per heavy atom. The number of unbranched alkanes of at least 4 members (excludes halogenated alkanes) is 16. The van der Waals surface area contributed by atoms with Crippen LogP contribution in [-0.4, -0.2) is 73.5 Å². The van der Waals surface area contributed by atoms with Gasteiger partial charge in [-0.1, -0.05) is 103 Å². The van der Waals surface area contributed by atoms with E-state index in [9.17, 15) is 19.2 Å². The summed E-state index contributed by atoms with van der Waals surface area (Å²) in [4.78, 5) is 48.6. The van der Waals surface area contributed by atoms with E-state index in [1.165, 1.54) is 14.2 Å². The number of rotatable bonds is 34. The minimum Gasteiger partial charge on any atom is -0.469 e. The number of methoxy groups -OCH3 is 2. The molecular formula is C37H70N2O8. The molecule has 276 valence electrons. The van der Waals surface area contributed by atoms with Crippen LogP contribution in [0, 0.1) is 0 Å². The van der Waals surface area contributed by atoms with E-state index in [1.807, 2.05) is 0 Å². The van der Waals surface area contributed by atoms with Crippen molar-refractivity contribution < 1.29 is 38.9 Å². The lowest BCUT2D eigenvalue weighted by molar-refractivity contribution is -0.141. The molecule has 2 atom stereocenters. The first-order valence-electron chi connectivity index (χ1n) is 18.8. The van der Waals surface area contributed by atoms with E-state index in [-0.39, 0.29) is 55.5 Å². The van der Waals surface area contributed by atoms with Gasteiger partial charge in [-0.05, 0) is 51.4 Å². The molecule has 47 heavy (non-hydrogen) atoms. The highest BCUT2D eigenvalue weighted by atomic mass is 16.5. The van der Waals surface area contributed by atoms with Crippen LogP contribution in [0.4, 0.5) is 0 Å². The van der Waals surface area contributed by atoms with Gasteiger partial charge in [0.25, 0.3) is 0 Å². The molecule has 2 amide bonds. The molecule has 0 rings (SSSR count). The van der Waals surface area contributed by atoms with Crippen LogP contribution in [0.1, 0.15) is 173 Å². The third kappa shape index (κ3) is 30.9. The zero-order valence-electron chi connectivity index (χ0n) is 30.0. The highest BCUT2D eigenvalue weighted by Gasteiger charge is 2.18. The smallest absolute Gasteiger partial charge is 0.305 e. The fraction of sp³-hybridized carbons (Fsp3) is 0.892. The third-order valence-corrected chi connectivity index (χ3v) is 8.80. The molecule has 0 heterocycles. The maximum absolute atomic E-state index is 13.0. The fourth-order valence-corrected chi connectivity index (χ4v) is 5.93. The molecule has 0 spiro atoms. The largest absolute Gasteiger partial charge is 0.469 e. The van der Waals surface area contributed by atoms with Crippen LogP contribution >= 0.6 is 0 Å². The van der Waals surface area contributed by atoms with Crippen molar-refractivity contribution in [2.75, 3.05) is 27.4 Å². The Balaban J connectivity index is 4.77. The van der Waals surface area contributed by atoms with Crippen molar-refractivity contribution in [3.8, 4) is 0 Å². The number of hydrogen-bond acceptors (Lipinski definition) is 8. The highest BCUT2D eigenvalue weighted by molar-refractivity contribution is 5.97. The third-order valence-electron chi connectivity index (χ3n) is 8.80. The van der Waals surface area contributed by atoms with Crippen molar-refractivity contribution in [2.45, 2.75) is 185 Å². The molecular weight excluding hydrogens is 600 g/mol. The average molecular weight is 671 g/mol. The zero-order valence-corrected chi connectivity index (χ0v) is 30.0. The zero-order chi connectivity index (χ0) is 34.8. The normalized spacial score (nSPS) is 12.3. The Bertz CT molecular complexity index is 717. The van der Waals surface area contributed by atoms with Crippen molar-refractivity contribution in [1.29, 1.82) is 0 Å². The number of ether oxygens (including phenoxy) is 2. The Labute approximate surface area is 285 Å². The van der Waals surface area contributed by atoms with Crippen LogP contribution in [0.3, 0.4) is 0 Å². The van der Waals surface area contributed by atoms with E-state index in [0.717, 1.165) is 154 Å². The number of carbonyl (C=O) groups excluding carboxylic acids is 4. The van der Waals surface area contributed by atoms with Gasteiger partial charge in [0.1, 0.15) is 6.42 Å². The molecule has 0 bridgehead atoms. The van der Waals surface area contributed by atoms with Gasteiger partial charge in [-0.15, -0.1) is 0 Å². The van der Waals surface area contributed by atoms with Gasteiger partial charge < -0.3 is 30.3 Å². The second-order valence-corrected chi connectivity index (χ2v) is 13.0. The van der Waals surface area contributed by atoms with Crippen LogP contribution in [0.25, 0.3) is 0 Å². The van der Waals surface area contributed by atoms with Crippen molar-refractivity contribution >= 4 is 23.8 Å². The molecule has 0 saturated carbocycles. The van der Waals surface area contributed by atoms with Gasteiger partial charge in [0, 0.05) is 38.1 Å². The van der Waals surface area contributed by atoms with Gasteiger partial charge in [-0.3, -0.25) is 19.2 Å². The number of hydrogen-bond donors (Lipinski definition) is 4. The topological polar surface area (TPSA) is 151 Å². The summed E-state index contributed by atoms with van der Waals surface area (Å²) in [5.74, 6) is -0.778. The molecule has 0 radical (unpaired) electrons. The predicted molar refractivity (Wildman–Crippen MR) is 187 cm³/mol. The maximum atomic E-state index is 13.0. The molecule has 0 aliphatic carbocycles. The SMILES string of the molecule is COC(=O)CCCCCCCC(CCCCCCCO)NC(=O)CC(=O)NC(CCCCCCCO)CCCCCCCC(=O)OC. The summed E-state index contributed by atoms with van der Waals surface area (Å²) >= 11 is 0. The summed E-state index contributed by atoms with van der Waals surface area (Å²) < 4.78 is 9.40. The molecule has 2 unspecified atom stereocenters. The number of aliphatic hydroxyl groups is 2. The lowest BCUT2D eigenvalue weighted by atomic mass is 9.99. The summed E-state index contributed by atoms with van der Waals surface area (Å²) in [6, 6.07) is 0.0780. The van der Waals surface area contributed by atoms with Crippen LogP contribution in [0.5, 0.6) is 0 Å². The second kappa shape index (κ2) is 33.7. The first-order valence-corrected chi connectivity index (χ1v) is 18.8. The molecule has 0 saturated heterocycles. The predicted octanol–water partition coefficient (Wildman–Crippen LogP) is 6.82. The van der Waals surface area contributed by atoms with E-state index < -0.39 is 0 Å². The van der Waals surface area contributed by atoms with Crippen LogP contribution in [0.15, 0.2) is 0 Å². The fourth-order valence-electron chi connectivity index (χ4n) is 5.93. The maximum Gasteiger partial charge on any atom is 0.305 e. The van der Waals surface area contributed by atoms with E-state index in [4.69, 9.17) is 19.7 Å². The van der Waals surface area contributed by atoms with Crippen molar-refractivity contribution in [3.05, 3.63) is 0 Å². The van der Waals surface area contributed by atoms with Gasteiger partial charge in [-0.2, -0.15) is 0 Å². The average Bonchev–Trinajstić information content (AvgIpc) is 3.06. The summed E-state index contributed by atoms with van der Waals surface area (Å²) in [5, 5.41) is 24.3. The number of esters is 2. The van der Waals surface area contributed by atoms with Crippen molar-refractivity contribution in [1.82, 2.24) is 10.6 Å². The van der Waals surface area contributed by atoms with E-state index >= 15 is 0 Å². The Morgan fingerprint density at radius 2 is 0.723 bits per heavy atom. The van der Waals surface area contributed by atoms with E-state index in [1.54, 1.807) is 0 Å². The first-order chi connectivity index (χ1) is 22.9. The Hall–Kier alpha value is -2.20. The number of carbonyl (C=O) groups is 4. The molecule has 0 aromatic carbocycles. The molecule has 10 nitrogen and oxygen atoms in total. The number of nitrogens with one attached hydrogen (secondary N) is 2. The number of amides is 2. The van der Waals surface area contributed by atoms with Gasteiger partial charge in [0.05, 0.1) is 14.2 Å². The lowest BCUT2D eigenvalue weighted by Crippen LogP contribution is -2.41. The van der Waals surface area contributed by atoms with Gasteiger partial charge >= 0.3 is 11.9 Å². The minimum atomic E-state index is -0.223. The Kier molecular flexibility index (Phi) is 32.1. The molecule has 0 aromatic rings. The quantitative estimate of drug-likeness (QED) is 0.0331. The molecule has 0 aliphatic rings. The Morgan fingerprint density at radius 3 is 1.02 bits per heavy atom. The second-order valence-electron chi connectivity index (χ2n) is 13.0. The first kappa shape index (κ1) is 44.8. The van der Waals surface area contributed by atoms with Crippen molar-refractivity contribution in [3.63, 3.8) is 0 Å². The highest BCUT2D eigenvalue weighted by Crippen LogP contribution is 2.16. The number of aliphatic hydroxyl groups excluding tert-OH is 2. The minimum absolute atomic E-state index is 0.0390. The lowest BCUT2D eigenvalue weighted by Gasteiger charge is -2.21. The van der Waals surface area contributed by atoms with Gasteiger partial charge in [0.15, 0.2) is 0 Å². The monoisotopic (exact) mass is 671 g/mol. The molecule has 0 aromatic heterocycles. The molecule has 0 aliphatic heterocycles. The van der Waals surface area contributed by atoms with Crippen LogP contribution in [0.2, 0.25) is 0 Å². The standard InChI is InChI=1S/C37H70N2O8/c1-46-36(44)27-19-11-3-7-15-23-32(25-17-9-5-13-21-29-40)38-34(42)31-35(43)39-33(26-18-10-6-14-22-30-41)24-16-8-4-12-20-28-37(45)47-2/h32-33,40-41H,3-31H2,1-2H3,(H,38,42)(H,39,43). The summed E-state index contributed by atoms with van der Waals surface area (Å²) in [6.45, 7) is 0.453. The molecule has 10 heteroatoms. The van der Waals surface area contributed by atoms with Crippen LogP contribution < -0.4 is 10.6 Å². The summed E-state index contributed by atoms with van der Waals surface area (Å²) in [6.07, 6.45) is 24.0. The summed E-state index contributed by atoms with van der Waals surface area (Å²) in [7, 11) is 2.83. The molecule has 0 fully saturated rings. The summed E-state index contributed by atoms with van der Waals surface area (Å²) in [5.41, 5.74) is 0. The van der Waals surface area contributed by atoms with E-state index in [0.29, 0.717) is 12.8 Å². The van der Waals surface area contributed by atoms with Gasteiger partial charge in [0.2, 0.25) is 11.8 Å². The van der Waals surface area contributed by atoms with Crippen molar-refractivity contribution in [2.24, 2.45) is 0 Å². The van der Waals surface area contributed by atoms with Crippen LogP contribution in [-0.2, 0) is 28.7 Å².